The van der Waals surface area contributed by atoms with E-state index < -0.39 is 0 Å². The van der Waals surface area contributed by atoms with Crippen LogP contribution >= 0.6 is 11.6 Å². The molecule has 2 aromatic carbocycles. The Bertz CT molecular complexity index is 916. The molecular weight excluding hydrogens is 334 g/mol. The second kappa shape index (κ2) is 7.65. The second-order valence-electron chi connectivity index (χ2n) is 5.52. The SMILES string of the molecule is Cc1cc(NCc2ccc(Cl)cc2)nc(Nc2cccc(C#N)c2)n1. The lowest BCUT2D eigenvalue weighted by molar-refractivity contribution is 1.06. The summed E-state index contributed by atoms with van der Waals surface area (Å²) < 4.78 is 0. The Kier molecular flexibility index (Phi) is 5.12. The molecule has 0 bridgehead atoms. The van der Waals surface area contributed by atoms with Crippen LogP contribution in [0.4, 0.5) is 17.5 Å². The first-order valence-electron chi connectivity index (χ1n) is 7.73. The minimum absolute atomic E-state index is 0.480. The summed E-state index contributed by atoms with van der Waals surface area (Å²) in [6.07, 6.45) is 0. The molecule has 1 aromatic heterocycles. The molecule has 0 unspecified atom stereocenters. The van der Waals surface area contributed by atoms with E-state index in [1.807, 2.05) is 49.4 Å². The van der Waals surface area contributed by atoms with E-state index in [1.165, 1.54) is 0 Å². The summed E-state index contributed by atoms with van der Waals surface area (Å²) in [6, 6.07) is 18.8. The highest BCUT2D eigenvalue weighted by Crippen LogP contribution is 2.18. The molecule has 0 atom stereocenters. The molecule has 0 saturated heterocycles. The average Bonchev–Trinajstić information content (AvgIpc) is 2.61. The number of anilines is 3. The predicted molar refractivity (Wildman–Crippen MR) is 100.0 cm³/mol. The Morgan fingerprint density at radius 2 is 1.88 bits per heavy atom. The molecule has 0 saturated carbocycles. The molecule has 2 N–H and O–H groups in total. The average molecular weight is 350 g/mol. The van der Waals surface area contributed by atoms with Crippen LogP contribution < -0.4 is 10.6 Å². The summed E-state index contributed by atoms with van der Waals surface area (Å²) in [4.78, 5) is 8.86. The molecule has 1 heterocycles. The van der Waals surface area contributed by atoms with Gasteiger partial charge in [-0.15, -0.1) is 0 Å². The van der Waals surface area contributed by atoms with Crippen molar-refractivity contribution in [1.29, 1.82) is 5.26 Å². The number of aryl methyl sites for hydroxylation is 1. The number of hydrogen-bond donors (Lipinski definition) is 2. The zero-order chi connectivity index (χ0) is 17.6. The lowest BCUT2D eigenvalue weighted by Crippen LogP contribution is -2.05. The normalized spacial score (nSPS) is 10.1. The molecule has 0 aliphatic heterocycles. The zero-order valence-corrected chi connectivity index (χ0v) is 14.4. The Labute approximate surface area is 151 Å². The second-order valence-corrected chi connectivity index (χ2v) is 5.95. The van der Waals surface area contributed by atoms with E-state index in [2.05, 4.69) is 26.7 Å². The number of aromatic nitrogens is 2. The monoisotopic (exact) mass is 349 g/mol. The molecule has 0 aliphatic carbocycles. The smallest absolute Gasteiger partial charge is 0.229 e. The highest BCUT2D eigenvalue weighted by Gasteiger charge is 2.04. The topological polar surface area (TPSA) is 73.6 Å². The van der Waals surface area contributed by atoms with Gasteiger partial charge < -0.3 is 10.6 Å². The third-order valence-electron chi connectivity index (χ3n) is 3.49. The number of nitriles is 1. The van der Waals surface area contributed by atoms with Crippen LogP contribution in [0.25, 0.3) is 0 Å². The fourth-order valence-corrected chi connectivity index (χ4v) is 2.43. The van der Waals surface area contributed by atoms with Gasteiger partial charge in [-0.3, -0.25) is 0 Å². The number of nitrogens with zero attached hydrogens (tertiary/aromatic N) is 3. The van der Waals surface area contributed by atoms with E-state index in [1.54, 1.807) is 12.1 Å². The summed E-state index contributed by atoms with van der Waals surface area (Å²) in [6.45, 7) is 2.54. The maximum Gasteiger partial charge on any atom is 0.229 e. The first-order valence-corrected chi connectivity index (χ1v) is 8.11. The van der Waals surface area contributed by atoms with E-state index in [4.69, 9.17) is 16.9 Å². The summed E-state index contributed by atoms with van der Waals surface area (Å²) in [5.74, 6) is 1.20. The third-order valence-corrected chi connectivity index (χ3v) is 3.74. The Morgan fingerprint density at radius 3 is 2.64 bits per heavy atom. The van der Waals surface area contributed by atoms with Crippen molar-refractivity contribution < 1.29 is 0 Å². The van der Waals surface area contributed by atoms with E-state index in [9.17, 15) is 0 Å². The number of halogens is 1. The first kappa shape index (κ1) is 16.7. The van der Waals surface area contributed by atoms with Gasteiger partial charge in [-0.05, 0) is 42.8 Å². The van der Waals surface area contributed by atoms with Crippen LogP contribution in [0.1, 0.15) is 16.8 Å². The van der Waals surface area contributed by atoms with Crippen LogP contribution in [0.5, 0.6) is 0 Å². The molecule has 3 aromatic rings. The molecule has 6 heteroatoms. The van der Waals surface area contributed by atoms with E-state index in [0.29, 0.717) is 23.1 Å². The maximum atomic E-state index is 8.98. The highest BCUT2D eigenvalue weighted by atomic mass is 35.5. The summed E-state index contributed by atoms with van der Waals surface area (Å²) in [7, 11) is 0. The van der Waals surface area contributed by atoms with Crippen molar-refractivity contribution in [2.75, 3.05) is 10.6 Å². The lowest BCUT2D eigenvalue weighted by Gasteiger charge is -2.10. The minimum Gasteiger partial charge on any atom is -0.366 e. The molecule has 124 valence electrons. The third kappa shape index (κ3) is 4.69. The Balaban J connectivity index is 1.73. The molecule has 0 spiro atoms. The molecule has 0 amide bonds. The largest absolute Gasteiger partial charge is 0.366 e. The molecule has 5 nitrogen and oxygen atoms in total. The standard InChI is InChI=1S/C19H16ClN5/c1-13-9-18(22-12-14-5-7-16(20)8-6-14)25-19(23-13)24-17-4-2-3-15(10-17)11-21/h2-10H,12H2,1H3,(H2,22,23,24,25). The van der Waals surface area contributed by atoms with Gasteiger partial charge in [0.1, 0.15) is 5.82 Å². The summed E-state index contributed by atoms with van der Waals surface area (Å²) in [5, 5.41) is 16.1. The van der Waals surface area contributed by atoms with Crippen molar-refractivity contribution in [1.82, 2.24) is 9.97 Å². The Hall–Kier alpha value is -3.10. The molecule has 0 radical (unpaired) electrons. The fourth-order valence-electron chi connectivity index (χ4n) is 2.31. The number of hydrogen-bond acceptors (Lipinski definition) is 5. The van der Waals surface area contributed by atoms with Crippen molar-refractivity contribution in [2.45, 2.75) is 13.5 Å². The predicted octanol–water partition coefficient (Wildman–Crippen LogP) is 4.67. The van der Waals surface area contributed by atoms with Gasteiger partial charge in [0.15, 0.2) is 0 Å². The molecule has 25 heavy (non-hydrogen) atoms. The molecule has 3 rings (SSSR count). The van der Waals surface area contributed by atoms with E-state index in [-0.39, 0.29) is 0 Å². The van der Waals surface area contributed by atoms with Gasteiger partial charge in [0.25, 0.3) is 0 Å². The van der Waals surface area contributed by atoms with Gasteiger partial charge in [-0.2, -0.15) is 10.2 Å². The van der Waals surface area contributed by atoms with Crippen LogP contribution in [-0.2, 0) is 6.54 Å². The molecule has 0 fully saturated rings. The maximum absolute atomic E-state index is 8.98. The van der Waals surface area contributed by atoms with Crippen molar-refractivity contribution >= 4 is 29.1 Å². The summed E-state index contributed by atoms with van der Waals surface area (Å²) in [5.41, 5.74) is 3.30. The van der Waals surface area contributed by atoms with Crippen LogP contribution in [-0.4, -0.2) is 9.97 Å². The molecule has 0 aliphatic rings. The minimum atomic E-state index is 0.480. The fraction of sp³-hybridized carbons (Fsp3) is 0.105. The number of nitrogens with one attached hydrogen (secondary N) is 2. The van der Waals surface area contributed by atoms with Crippen molar-refractivity contribution in [3.63, 3.8) is 0 Å². The van der Waals surface area contributed by atoms with Gasteiger partial charge in [-0.1, -0.05) is 29.8 Å². The van der Waals surface area contributed by atoms with Gasteiger partial charge in [0.2, 0.25) is 5.95 Å². The quantitative estimate of drug-likeness (QED) is 0.700. The first-order chi connectivity index (χ1) is 12.1. The van der Waals surface area contributed by atoms with Gasteiger partial charge in [-0.25, -0.2) is 4.98 Å². The Morgan fingerprint density at radius 1 is 1.08 bits per heavy atom. The van der Waals surface area contributed by atoms with E-state index in [0.717, 1.165) is 22.8 Å². The van der Waals surface area contributed by atoms with Crippen LogP contribution in [0.15, 0.2) is 54.6 Å². The van der Waals surface area contributed by atoms with Crippen LogP contribution in [0.3, 0.4) is 0 Å². The van der Waals surface area contributed by atoms with Gasteiger partial charge in [0.05, 0.1) is 11.6 Å². The number of benzene rings is 2. The molecular formula is C19H16ClN5. The zero-order valence-electron chi connectivity index (χ0n) is 13.6. The van der Waals surface area contributed by atoms with Crippen LogP contribution in [0.2, 0.25) is 5.02 Å². The van der Waals surface area contributed by atoms with Crippen molar-refractivity contribution in [3.8, 4) is 6.07 Å². The highest BCUT2D eigenvalue weighted by molar-refractivity contribution is 6.30. The summed E-state index contributed by atoms with van der Waals surface area (Å²) >= 11 is 5.90. The van der Waals surface area contributed by atoms with Crippen molar-refractivity contribution in [2.24, 2.45) is 0 Å². The lowest BCUT2D eigenvalue weighted by atomic mass is 10.2. The van der Waals surface area contributed by atoms with Crippen LogP contribution in [0, 0.1) is 18.3 Å². The van der Waals surface area contributed by atoms with Gasteiger partial charge >= 0.3 is 0 Å². The van der Waals surface area contributed by atoms with Gasteiger partial charge in [0, 0.05) is 29.0 Å². The van der Waals surface area contributed by atoms with E-state index >= 15 is 0 Å². The number of rotatable bonds is 5. The van der Waals surface area contributed by atoms with Crippen molar-refractivity contribution in [3.05, 3.63) is 76.4 Å².